The van der Waals surface area contributed by atoms with E-state index in [9.17, 15) is 14.8 Å². The maximum Gasteiger partial charge on any atom is 0.190 e. The average Bonchev–Trinajstić information content (AvgIpc) is 2.60. The zero-order valence-electron chi connectivity index (χ0n) is 14.1. The second kappa shape index (κ2) is 7.77. The first-order chi connectivity index (χ1) is 11.6. The molecule has 1 N–H and O–H groups in total. The summed E-state index contributed by atoms with van der Waals surface area (Å²) in [5, 5.41) is 12.8. The molecule has 6 nitrogen and oxygen atoms in total. The second-order valence-corrected chi connectivity index (χ2v) is 5.48. The Hall–Kier alpha value is -2.63. The van der Waals surface area contributed by atoms with Gasteiger partial charge in [0.15, 0.2) is 11.6 Å². The number of ketones is 2. The smallest absolute Gasteiger partial charge is 0.190 e. The Kier molecular flexibility index (Phi) is 5.73. The van der Waals surface area contributed by atoms with E-state index in [0.29, 0.717) is 17.7 Å². The molecule has 2 rings (SSSR count). The fourth-order valence-electron chi connectivity index (χ4n) is 2.81. The molecule has 1 aromatic carbocycles. The van der Waals surface area contributed by atoms with Gasteiger partial charge in [-0.25, -0.2) is 0 Å². The third-order valence-electron chi connectivity index (χ3n) is 4.00. The van der Waals surface area contributed by atoms with E-state index in [4.69, 9.17) is 9.47 Å². The third kappa shape index (κ3) is 3.18. The van der Waals surface area contributed by atoms with Gasteiger partial charge in [-0.2, -0.15) is 0 Å². The summed E-state index contributed by atoms with van der Waals surface area (Å²) in [5.74, 6) is -0.162. The number of methoxy groups -OCH3 is 2. The Morgan fingerprint density at radius 3 is 2.29 bits per heavy atom. The molecule has 6 heteroatoms. The van der Waals surface area contributed by atoms with Crippen LogP contribution < -0.4 is 9.47 Å². The van der Waals surface area contributed by atoms with Gasteiger partial charge in [0, 0.05) is 5.56 Å². The van der Waals surface area contributed by atoms with Gasteiger partial charge in [-0.05, 0) is 31.1 Å². The van der Waals surface area contributed by atoms with E-state index >= 15 is 0 Å². The normalized spacial score (nSPS) is 13.9. The van der Waals surface area contributed by atoms with E-state index in [1.54, 1.807) is 6.07 Å². The van der Waals surface area contributed by atoms with Crippen molar-refractivity contribution >= 4 is 17.3 Å². The van der Waals surface area contributed by atoms with E-state index < -0.39 is 0 Å². The highest BCUT2D eigenvalue weighted by molar-refractivity contribution is 6.25. The van der Waals surface area contributed by atoms with Crippen molar-refractivity contribution < 1.29 is 24.3 Å². The first-order valence-electron chi connectivity index (χ1n) is 7.86. The van der Waals surface area contributed by atoms with Crippen LogP contribution in [0.5, 0.6) is 11.5 Å². The molecule has 0 amide bonds. The Bertz CT molecular complexity index is 719. The summed E-state index contributed by atoms with van der Waals surface area (Å²) < 4.78 is 10.7. The fraction of sp³-hybridized carbons (Fsp3) is 0.389. The predicted molar refractivity (Wildman–Crippen MR) is 89.8 cm³/mol. The van der Waals surface area contributed by atoms with Crippen LogP contribution in [0.4, 0.5) is 0 Å². The molecule has 0 bridgehead atoms. The molecule has 1 aliphatic rings. The molecule has 0 atom stereocenters. The lowest BCUT2D eigenvalue weighted by molar-refractivity contribution is 0.0989. The number of benzene rings is 1. The van der Waals surface area contributed by atoms with Gasteiger partial charge in [-0.15, -0.1) is 0 Å². The molecule has 0 aliphatic heterocycles. The van der Waals surface area contributed by atoms with Crippen molar-refractivity contribution in [3.63, 3.8) is 0 Å². The van der Waals surface area contributed by atoms with Crippen molar-refractivity contribution in [1.29, 1.82) is 0 Å². The van der Waals surface area contributed by atoms with Gasteiger partial charge in [-0.1, -0.05) is 24.9 Å². The number of unbranched alkanes of at least 4 members (excludes halogenated alkanes) is 2. The summed E-state index contributed by atoms with van der Waals surface area (Å²) in [5.41, 5.74) is 1.19. The highest BCUT2D eigenvalue weighted by Gasteiger charge is 2.31. The lowest BCUT2D eigenvalue weighted by Gasteiger charge is -2.20. The van der Waals surface area contributed by atoms with E-state index in [1.807, 2.05) is 0 Å². The van der Waals surface area contributed by atoms with Crippen molar-refractivity contribution in [3.05, 3.63) is 34.9 Å². The number of hydrogen-bond donors (Lipinski definition) is 1. The van der Waals surface area contributed by atoms with Crippen LogP contribution in [-0.4, -0.2) is 36.7 Å². The predicted octanol–water partition coefficient (Wildman–Crippen LogP) is 3.40. The van der Waals surface area contributed by atoms with Crippen LogP contribution in [0.15, 0.2) is 23.4 Å². The van der Waals surface area contributed by atoms with Crippen LogP contribution in [0.1, 0.15) is 58.9 Å². The number of carbonyl (C=O) groups is 2. The molecular weight excluding hydrogens is 310 g/mol. The van der Waals surface area contributed by atoms with Gasteiger partial charge in [0.2, 0.25) is 0 Å². The van der Waals surface area contributed by atoms with E-state index in [1.165, 1.54) is 26.4 Å². The molecule has 1 aliphatic carbocycles. The van der Waals surface area contributed by atoms with Crippen molar-refractivity contribution in [2.24, 2.45) is 5.16 Å². The van der Waals surface area contributed by atoms with E-state index in [2.05, 4.69) is 12.1 Å². The monoisotopic (exact) mass is 331 g/mol. The summed E-state index contributed by atoms with van der Waals surface area (Å²) in [7, 11) is 2.84. The molecule has 0 aromatic heterocycles. The van der Waals surface area contributed by atoms with Crippen molar-refractivity contribution in [2.75, 3.05) is 14.2 Å². The van der Waals surface area contributed by atoms with Crippen LogP contribution >= 0.6 is 0 Å². The van der Waals surface area contributed by atoms with Gasteiger partial charge in [0.05, 0.1) is 31.1 Å². The lowest BCUT2D eigenvalue weighted by atomic mass is 9.88. The molecule has 0 fully saturated rings. The minimum atomic E-state index is -0.340. The van der Waals surface area contributed by atoms with Gasteiger partial charge >= 0.3 is 0 Å². The molecule has 1 aromatic rings. The molecular formula is C18H21NO5. The van der Waals surface area contributed by atoms with Gasteiger partial charge in [0.1, 0.15) is 11.5 Å². The third-order valence-corrected chi connectivity index (χ3v) is 4.00. The molecule has 0 heterocycles. The van der Waals surface area contributed by atoms with Crippen LogP contribution in [0.3, 0.4) is 0 Å². The molecule has 0 radical (unpaired) electrons. The van der Waals surface area contributed by atoms with Gasteiger partial charge in [0.25, 0.3) is 0 Å². The summed E-state index contributed by atoms with van der Waals surface area (Å²) in [6.07, 6.45) is 5.81. The highest BCUT2D eigenvalue weighted by atomic mass is 16.5. The zero-order valence-corrected chi connectivity index (χ0v) is 14.1. The Morgan fingerprint density at radius 1 is 1.08 bits per heavy atom. The summed E-state index contributed by atoms with van der Waals surface area (Å²) in [6, 6.07) is 1.59. The Labute approximate surface area is 140 Å². The standard InChI is InChI=1S/C18H21NO5/c1-4-5-6-7-12(19-22)11-10-15(23-2)16-13(20)8-9-14(21)17(16)18(11)24-3/h8-10,22H,4-7H2,1-3H3/b19-12-. The number of carbonyl (C=O) groups excluding carboxylic acids is 2. The van der Waals surface area contributed by atoms with Crippen molar-refractivity contribution in [1.82, 2.24) is 0 Å². The molecule has 128 valence electrons. The van der Waals surface area contributed by atoms with Crippen LogP contribution in [0.25, 0.3) is 0 Å². The van der Waals surface area contributed by atoms with Crippen LogP contribution in [0.2, 0.25) is 0 Å². The van der Waals surface area contributed by atoms with Crippen molar-refractivity contribution in [3.8, 4) is 11.5 Å². The van der Waals surface area contributed by atoms with Crippen LogP contribution in [0, 0.1) is 0 Å². The number of allylic oxidation sites excluding steroid dienone is 2. The number of hydrogen-bond acceptors (Lipinski definition) is 6. The topological polar surface area (TPSA) is 85.2 Å². The summed E-state index contributed by atoms with van der Waals surface area (Å²) >= 11 is 0. The first kappa shape index (κ1) is 17.7. The SMILES string of the molecule is CCCCC/C(=N/O)c1cc(OC)c2c(c1OC)C(=O)C=CC2=O. The van der Waals surface area contributed by atoms with E-state index in [-0.39, 0.29) is 34.2 Å². The fourth-order valence-corrected chi connectivity index (χ4v) is 2.81. The number of nitrogens with zero attached hydrogens (tertiary/aromatic N) is 1. The number of rotatable bonds is 7. The van der Waals surface area contributed by atoms with Gasteiger partial charge in [-0.3, -0.25) is 9.59 Å². The lowest BCUT2D eigenvalue weighted by Crippen LogP contribution is -2.17. The maximum absolute atomic E-state index is 12.3. The van der Waals surface area contributed by atoms with E-state index in [0.717, 1.165) is 19.3 Å². The Morgan fingerprint density at radius 2 is 1.75 bits per heavy atom. The number of ether oxygens (including phenoxy) is 2. The zero-order chi connectivity index (χ0) is 17.7. The average molecular weight is 331 g/mol. The van der Waals surface area contributed by atoms with Crippen molar-refractivity contribution in [2.45, 2.75) is 32.6 Å². The minimum Gasteiger partial charge on any atom is -0.496 e. The minimum absolute atomic E-state index is 0.149. The first-order valence-corrected chi connectivity index (χ1v) is 7.86. The number of oxime groups is 1. The molecule has 24 heavy (non-hydrogen) atoms. The van der Waals surface area contributed by atoms with Gasteiger partial charge < -0.3 is 14.7 Å². The maximum atomic E-state index is 12.3. The quantitative estimate of drug-likeness (QED) is 0.358. The molecule has 0 saturated heterocycles. The molecule has 0 unspecified atom stereocenters. The highest BCUT2D eigenvalue weighted by Crippen LogP contribution is 2.38. The Balaban J connectivity index is 2.64. The molecule has 0 saturated carbocycles. The molecule has 0 spiro atoms. The summed E-state index contributed by atoms with van der Waals surface area (Å²) in [6.45, 7) is 2.08. The number of fused-ring (bicyclic) bond motifs is 1. The van der Waals surface area contributed by atoms with Crippen LogP contribution in [-0.2, 0) is 0 Å². The summed E-state index contributed by atoms with van der Waals surface area (Å²) in [4.78, 5) is 24.5. The largest absolute Gasteiger partial charge is 0.496 e. The second-order valence-electron chi connectivity index (χ2n) is 5.48.